The lowest BCUT2D eigenvalue weighted by Gasteiger charge is -2.33. The molecule has 1 amide bonds. The molecule has 1 unspecified atom stereocenters. The summed E-state index contributed by atoms with van der Waals surface area (Å²) in [5, 5.41) is 21.6. The zero-order chi connectivity index (χ0) is 20.4. The molecule has 3 rings (SSSR count). The van der Waals surface area contributed by atoms with E-state index in [1.165, 1.54) is 0 Å². The van der Waals surface area contributed by atoms with E-state index < -0.39 is 24.5 Å². The van der Waals surface area contributed by atoms with Crippen LogP contribution in [0.25, 0.3) is 0 Å². The van der Waals surface area contributed by atoms with Crippen LogP contribution < -0.4 is 5.32 Å². The van der Waals surface area contributed by atoms with E-state index in [0.717, 1.165) is 23.2 Å². The number of hydrogen-bond donors (Lipinski definition) is 3. The number of aliphatic hydroxyl groups excluding tert-OH is 1. The Kier molecular flexibility index (Phi) is 6.25. The van der Waals surface area contributed by atoms with Gasteiger partial charge in [0.2, 0.25) is 0 Å². The number of halogens is 2. The highest BCUT2D eigenvalue weighted by Crippen LogP contribution is 2.38. The third kappa shape index (κ3) is 4.31. The number of aliphatic carboxylic acids is 1. The van der Waals surface area contributed by atoms with E-state index in [2.05, 4.69) is 10.2 Å². The first-order valence-electron chi connectivity index (χ1n) is 8.71. The Bertz CT molecular complexity index is 919. The molecule has 1 aliphatic rings. The van der Waals surface area contributed by atoms with E-state index in [4.69, 9.17) is 33.4 Å². The molecule has 0 radical (unpaired) electrons. The normalized spacial score (nSPS) is 17.6. The van der Waals surface area contributed by atoms with Crippen LogP contribution in [0.4, 0.5) is 0 Å². The second-order valence-electron chi connectivity index (χ2n) is 6.88. The van der Waals surface area contributed by atoms with Crippen molar-refractivity contribution in [2.75, 3.05) is 20.2 Å². The summed E-state index contributed by atoms with van der Waals surface area (Å²) < 4.78 is 0. The van der Waals surface area contributed by atoms with Gasteiger partial charge in [0, 0.05) is 34.6 Å². The molecule has 0 bridgehead atoms. The molecule has 0 aromatic heterocycles. The molecule has 0 aliphatic carbocycles. The molecule has 2 aromatic carbocycles. The number of hydrogen-bond acceptors (Lipinski definition) is 4. The third-order valence-corrected chi connectivity index (χ3v) is 5.39. The van der Waals surface area contributed by atoms with Crippen molar-refractivity contribution in [2.45, 2.75) is 18.5 Å². The van der Waals surface area contributed by atoms with E-state index in [0.29, 0.717) is 22.2 Å². The number of carboxylic acid groups (broad SMARTS) is 1. The van der Waals surface area contributed by atoms with Crippen LogP contribution in [0.2, 0.25) is 10.0 Å². The van der Waals surface area contributed by atoms with Gasteiger partial charge in [0.25, 0.3) is 5.91 Å². The van der Waals surface area contributed by atoms with Crippen molar-refractivity contribution in [3.05, 3.63) is 68.7 Å². The fourth-order valence-electron chi connectivity index (χ4n) is 3.45. The number of rotatable bonds is 5. The molecule has 2 aromatic rings. The summed E-state index contributed by atoms with van der Waals surface area (Å²) in [5.41, 5.74) is 3.24. The molecule has 3 N–H and O–H groups in total. The molecule has 2 atom stereocenters. The SMILES string of the molecule is CN1Cc2c(Cl)cc(Cl)cc2[C@H](c2cccc(C(=O)NC(CO)C(=O)O)c2)C1. The Hall–Kier alpha value is -2.12. The monoisotopic (exact) mass is 422 g/mol. The minimum Gasteiger partial charge on any atom is -0.480 e. The van der Waals surface area contributed by atoms with E-state index in [-0.39, 0.29) is 5.92 Å². The van der Waals surface area contributed by atoms with Gasteiger partial charge >= 0.3 is 5.97 Å². The molecular weight excluding hydrogens is 403 g/mol. The average molecular weight is 423 g/mol. The second-order valence-corrected chi connectivity index (χ2v) is 7.72. The van der Waals surface area contributed by atoms with Gasteiger partial charge in [-0.1, -0.05) is 35.3 Å². The summed E-state index contributed by atoms with van der Waals surface area (Å²) in [7, 11) is 2.00. The highest BCUT2D eigenvalue weighted by Gasteiger charge is 2.28. The lowest BCUT2D eigenvalue weighted by molar-refractivity contribution is -0.140. The summed E-state index contributed by atoms with van der Waals surface area (Å²) in [6, 6.07) is 9.28. The van der Waals surface area contributed by atoms with Crippen LogP contribution in [0.3, 0.4) is 0 Å². The Morgan fingerprint density at radius 2 is 2.04 bits per heavy atom. The lowest BCUT2D eigenvalue weighted by atomic mass is 9.84. The number of nitrogens with one attached hydrogen (secondary N) is 1. The summed E-state index contributed by atoms with van der Waals surface area (Å²) in [5.74, 6) is -1.89. The highest BCUT2D eigenvalue weighted by atomic mass is 35.5. The van der Waals surface area contributed by atoms with Crippen molar-refractivity contribution in [3.63, 3.8) is 0 Å². The van der Waals surface area contributed by atoms with Crippen LogP contribution in [0.15, 0.2) is 36.4 Å². The van der Waals surface area contributed by atoms with Gasteiger partial charge in [-0.15, -0.1) is 0 Å². The summed E-state index contributed by atoms with van der Waals surface area (Å²) >= 11 is 12.6. The molecule has 1 aliphatic heterocycles. The number of fused-ring (bicyclic) bond motifs is 1. The second kappa shape index (κ2) is 8.49. The Morgan fingerprint density at radius 1 is 1.29 bits per heavy atom. The summed E-state index contributed by atoms with van der Waals surface area (Å²) in [6.45, 7) is 0.750. The number of likely N-dealkylation sites (N-methyl/N-ethyl adjacent to an activating group) is 1. The maximum absolute atomic E-state index is 12.4. The average Bonchev–Trinajstić information content (AvgIpc) is 2.65. The summed E-state index contributed by atoms with van der Waals surface area (Å²) in [6.07, 6.45) is 0. The van der Waals surface area contributed by atoms with Crippen molar-refractivity contribution in [1.29, 1.82) is 0 Å². The fourth-order valence-corrected chi connectivity index (χ4v) is 4.02. The van der Waals surface area contributed by atoms with Crippen LogP contribution in [0, 0.1) is 0 Å². The van der Waals surface area contributed by atoms with Crippen LogP contribution in [0.5, 0.6) is 0 Å². The largest absolute Gasteiger partial charge is 0.480 e. The maximum atomic E-state index is 12.4. The number of amides is 1. The van der Waals surface area contributed by atoms with Crippen molar-refractivity contribution >= 4 is 35.1 Å². The number of carbonyl (C=O) groups is 2. The van der Waals surface area contributed by atoms with Crippen LogP contribution in [0.1, 0.15) is 33.0 Å². The lowest BCUT2D eigenvalue weighted by Crippen LogP contribution is -2.43. The van der Waals surface area contributed by atoms with E-state index in [9.17, 15) is 9.59 Å². The number of carbonyl (C=O) groups excluding carboxylic acids is 1. The molecule has 0 saturated heterocycles. The molecule has 1 heterocycles. The van der Waals surface area contributed by atoms with Crippen molar-refractivity contribution in [1.82, 2.24) is 10.2 Å². The van der Waals surface area contributed by atoms with E-state index >= 15 is 0 Å². The molecule has 0 saturated carbocycles. The minimum atomic E-state index is -1.35. The minimum absolute atomic E-state index is 0.0363. The van der Waals surface area contributed by atoms with Gasteiger partial charge in [0.05, 0.1) is 6.61 Å². The Labute approximate surface area is 172 Å². The zero-order valence-electron chi connectivity index (χ0n) is 15.2. The zero-order valence-corrected chi connectivity index (χ0v) is 16.7. The number of carboxylic acids is 1. The van der Waals surface area contributed by atoms with E-state index in [1.54, 1.807) is 24.3 Å². The molecule has 28 heavy (non-hydrogen) atoms. The first-order chi connectivity index (χ1) is 13.3. The standard InChI is InChI=1S/C20H20Cl2N2O4/c1-24-8-15(14-6-13(21)7-17(22)16(14)9-24)11-3-2-4-12(5-11)19(26)23-18(10-25)20(27)28/h2-7,15,18,25H,8-10H2,1H3,(H,23,26)(H,27,28)/t15-,18?/m0/s1. The van der Waals surface area contributed by atoms with Crippen molar-refractivity contribution in [2.24, 2.45) is 0 Å². The first-order valence-corrected chi connectivity index (χ1v) is 9.46. The van der Waals surface area contributed by atoms with Gasteiger partial charge in [-0.2, -0.15) is 0 Å². The quantitative estimate of drug-likeness (QED) is 0.688. The van der Waals surface area contributed by atoms with Crippen LogP contribution in [-0.2, 0) is 11.3 Å². The van der Waals surface area contributed by atoms with Gasteiger partial charge in [-0.05, 0) is 48.0 Å². The van der Waals surface area contributed by atoms with Gasteiger partial charge in [0.1, 0.15) is 0 Å². The summed E-state index contributed by atoms with van der Waals surface area (Å²) in [4.78, 5) is 25.6. The molecular formula is C20H20Cl2N2O4. The topological polar surface area (TPSA) is 89.9 Å². The van der Waals surface area contributed by atoms with Crippen LogP contribution in [-0.4, -0.2) is 53.2 Å². The third-order valence-electron chi connectivity index (χ3n) is 4.83. The Morgan fingerprint density at radius 3 is 2.71 bits per heavy atom. The maximum Gasteiger partial charge on any atom is 0.328 e. The predicted molar refractivity (Wildman–Crippen MR) is 107 cm³/mol. The predicted octanol–water partition coefficient (Wildman–Crippen LogP) is 2.75. The van der Waals surface area contributed by atoms with Crippen molar-refractivity contribution < 1.29 is 19.8 Å². The number of benzene rings is 2. The molecule has 0 fully saturated rings. The van der Waals surface area contributed by atoms with Gasteiger partial charge in [0.15, 0.2) is 6.04 Å². The molecule has 148 valence electrons. The van der Waals surface area contributed by atoms with Gasteiger partial charge < -0.3 is 20.4 Å². The van der Waals surface area contributed by atoms with Gasteiger partial charge in [-0.25, -0.2) is 4.79 Å². The van der Waals surface area contributed by atoms with Gasteiger partial charge in [-0.3, -0.25) is 4.79 Å². The number of nitrogens with zero attached hydrogens (tertiary/aromatic N) is 1. The fraction of sp³-hybridized carbons (Fsp3) is 0.300. The molecule has 8 heteroatoms. The van der Waals surface area contributed by atoms with E-state index in [1.807, 2.05) is 19.2 Å². The van der Waals surface area contributed by atoms with Crippen molar-refractivity contribution in [3.8, 4) is 0 Å². The first kappa shape index (κ1) is 20.6. The molecule has 6 nitrogen and oxygen atoms in total. The Balaban J connectivity index is 1.95. The van der Waals surface area contributed by atoms with Crippen LogP contribution >= 0.6 is 23.2 Å². The molecule has 0 spiro atoms. The smallest absolute Gasteiger partial charge is 0.328 e. The highest BCUT2D eigenvalue weighted by molar-refractivity contribution is 6.35. The number of aliphatic hydroxyl groups is 1.